The molecule has 0 bridgehead atoms. The molecule has 112 valence electrons. The van der Waals surface area contributed by atoms with Gasteiger partial charge in [0.15, 0.2) is 0 Å². The summed E-state index contributed by atoms with van der Waals surface area (Å²) in [6.07, 6.45) is 8.14. The van der Waals surface area contributed by atoms with Crippen LogP contribution in [0.5, 0.6) is 11.5 Å². The summed E-state index contributed by atoms with van der Waals surface area (Å²) < 4.78 is 10.8. The van der Waals surface area contributed by atoms with E-state index in [2.05, 4.69) is 11.4 Å². The maximum atomic E-state index is 5.52. The van der Waals surface area contributed by atoms with Crippen molar-refractivity contribution in [2.75, 3.05) is 21.3 Å². The van der Waals surface area contributed by atoms with E-state index in [9.17, 15) is 0 Å². The molecule has 2 rings (SSSR count). The minimum absolute atomic E-state index is 0.358. The van der Waals surface area contributed by atoms with E-state index in [1.165, 1.54) is 44.1 Å². The molecule has 1 fully saturated rings. The van der Waals surface area contributed by atoms with Crippen molar-refractivity contribution in [3.05, 3.63) is 23.8 Å². The topological polar surface area (TPSA) is 30.5 Å². The molecule has 1 unspecified atom stereocenters. The highest BCUT2D eigenvalue weighted by atomic mass is 16.5. The van der Waals surface area contributed by atoms with Gasteiger partial charge in [-0.25, -0.2) is 0 Å². The fourth-order valence-corrected chi connectivity index (χ4v) is 3.26. The van der Waals surface area contributed by atoms with Crippen molar-refractivity contribution in [3.8, 4) is 11.5 Å². The van der Waals surface area contributed by atoms with Gasteiger partial charge in [-0.15, -0.1) is 0 Å². The first-order valence-electron chi connectivity index (χ1n) is 7.67. The van der Waals surface area contributed by atoms with Gasteiger partial charge in [0.25, 0.3) is 0 Å². The molecule has 0 amide bonds. The normalized spacial score (nSPS) is 17.1. The Balaban J connectivity index is 2.05. The molecule has 20 heavy (non-hydrogen) atoms. The zero-order valence-electron chi connectivity index (χ0n) is 12.9. The molecule has 1 aromatic carbocycles. The molecule has 3 nitrogen and oxygen atoms in total. The van der Waals surface area contributed by atoms with Crippen LogP contribution in [0.25, 0.3) is 0 Å². The second-order valence-corrected chi connectivity index (χ2v) is 5.68. The standard InChI is InChI=1S/C17H27NO2/c1-18-16(11-8-13-6-4-5-7-13)15-10-9-14(19-2)12-17(15)20-3/h9-10,12-13,16,18H,4-8,11H2,1-3H3. The van der Waals surface area contributed by atoms with Crippen molar-refractivity contribution >= 4 is 0 Å². The number of rotatable bonds is 7. The van der Waals surface area contributed by atoms with E-state index in [4.69, 9.17) is 9.47 Å². The summed E-state index contributed by atoms with van der Waals surface area (Å²) in [5.74, 6) is 2.68. The van der Waals surface area contributed by atoms with Crippen LogP contribution in [0.3, 0.4) is 0 Å². The monoisotopic (exact) mass is 277 g/mol. The van der Waals surface area contributed by atoms with Crippen LogP contribution in [-0.2, 0) is 0 Å². The van der Waals surface area contributed by atoms with Gasteiger partial charge in [0, 0.05) is 17.7 Å². The molecule has 0 spiro atoms. The third kappa shape index (κ3) is 3.66. The average molecular weight is 277 g/mol. The highest BCUT2D eigenvalue weighted by molar-refractivity contribution is 5.42. The predicted molar refractivity (Wildman–Crippen MR) is 82.5 cm³/mol. The Morgan fingerprint density at radius 3 is 2.55 bits per heavy atom. The molecule has 3 heteroatoms. The van der Waals surface area contributed by atoms with E-state index >= 15 is 0 Å². The lowest BCUT2D eigenvalue weighted by atomic mass is 9.94. The number of hydrogen-bond donors (Lipinski definition) is 1. The van der Waals surface area contributed by atoms with Gasteiger partial charge in [0.05, 0.1) is 14.2 Å². The Hall–Kier alpha value is -1.22. The fraction of sp³-hybridized carbons (Fsp3) is 0.647. The lowest BCUT2D eigenvalue weighted by molar-refractivity contribution is 0.376. The van der Waals surface area contributed by atoms with E-state index in [1.807, 2.05) is 19.2 Å². The molecule has 0 radical (unpaired) electrons. The first-order chi connectivity index (χ1) is 9.78. The van der Waals surface area contributed by atoms with E-state index in [1.54, 1.807) is 14.2 Å². The van der Waals surface area contributed by atoms with E-state index in [0.717, 1.165) is 17.4 Å². The Labute approximate surface area is 122 Å². The summed E-state index contributed by atoms with van der Waals surface area (Å²) in [4.78, 5) is 0. The first-order valence-corrected chi connectivity index (χ1v) is 7.67. The van der Waals surface area contributed by atoms with Crippen LogP contribution in [-0.4, -0.2) is 21.3 Å². The SMILES string of the molecule is CNC(CCC1CCCC1)c1ccc(OC)cc1OC. The molecule has 1 aliphatic rings. The Morgan fingerprint density at radius 2 is 1.95 bits per heavy atom. The summed E-state index contributed by atoms with van der Waals surface area (Å²) in [7, 11) is 5.44. The van der Waals surface area contributed by atoms with Gasteiger partial charge in [0.2, 0.25) is 0 Å². The lowest BCUT2D eigenvalue weighted by Gasteiger charge is -2.21. The number of ether oxygens (including phenoxy) is 2. The van der Waals surface area contributed by atoms with E-state index < -0.39 is 0 Å². The van der Waals surface area contributed by atoms with Crippen molar-refractivity contribution in [1.29, 1.82) is 0 Å². The minimum Gasteiger partial charge on any atom is -0.497 e. The maximum Gasteiger partial charge on any atom is 0.127 e. The van der Waals surface area contributed by atoms with Gasteiger partial charge in [-0.2, -0.15) is 0 Å². The Morgan fingerprint density at radius 1 is 1.20 bits per heavy atom. The molecule has 0 saturated heterocycles. The molecule has 1 atom stereocenters. The number of nitrogens with one attached hydrogen (secondary N) is 1. The number of methoxy groups -OCH3 is 2. The average Bonchev–Trinajstić information content (AvgIpc) is 3.01. The first kappa shape index (κ1) is 15.2. The summed E-state index contributed by atoms with van der Waals surface area (Å²) in [5.41, 5.74) is 1.23. The quantitative estimate of drug-likeness (QED) is 0.819. The summed E-state index contributed by atoms with van der Waals surface area (Å²) >= 11 is 0. The zero-order valence-corrected chi connectivity index (χ0v) is 12.9. The Kier molecular flexibility index (Phi) is 5.72. The molecule has 1 N–H and O–H groups in total. The number of hydrogen-bond acceptors (Lipinski definition) is 3. The second kappa shape index (κ2) is 7.53. The Bertz CT molecular complexity index is 413. The summed E-state index contributed by atoms with van der Waals surface area (Å²) in [6, 6.07) is 6.46. The van der Waals surface area contributed by atoms with Crippen LogP contribution in [0.1, 0.15) is 50.1 Å². The minimum atomic E-state index is 0.358. The third-order valence-electron chi connectivity index (χ3n) is 4.50. The fourth-order valence-electron chi connectivity index (χ4n) is 3.26. The predicted octanol–water partition coefficient (Wildman–Crippen LogP) is 3.93. The molecule has 0 aromatic heterocycles. The molecule has 1 aromatic rings. The second-order valence-electron chi connectivity index (χ2n) is 5.68. The van der Waals surface area contributed by atoms with E-state index in [0.29, 0.717) is 6.04 Å². The van der Waals surface area contributed by atoms with Gasteiger partial charge in [-0.1, -0.05) is 31.7 Å². The molecule has 1 aliphatic carbocycles. The van der Waals surface area contributed by atoms with Gasteiger partial charge >= 0.3 is 0 Å². The largest absolute Gasteiger partial charge is 0.497 e. The summed E-state index contributed by atoms with van der Waals surface area (Å²) in [6.45, 7) is 0. The van der Waals surface area contributed by atoms with E-state index in [-0.39, 0.29) is 0 Å². The van der Waals surface area contributed by atoms with Gasteiger partial charge < -0.3 is 14.8 Å². The van der Waals surface area contributed by atoms with Crippen LogP contribution < -0.4 is 14.8 Å². The van der Waals surface area contributed by atoms with Crippen LogP contribution in [0, 0.1) is 5.92 Å². The molecule has 0 heterocycles. The molecule has 0 aliphatic heterocycles. The van der Waals surface area contributed by atoms with Crippen molar-refractivity contribution in [2.45, 2.75) is 44.6 Å². The highest BCUT2D eigenvalue weighted by Crippen LogP contribution is 2.35. The van der Waals surface area contributed by atoms with Crippen LogP contribution in [0.4, 0.5) is 0 Å². The van der Waals surface area contributed by atoms with Crippen molar-refractivity contribution < 1.29 is 9.47 Å². The van der Waals surface area contributed by atoms with Gasteiger partial charge in [-0.05, 0) is 31.9 Å². The van der Waals surface area contributed by atoms with Gasteiger partial charge in [0.1, 0.15) is 11.5 Å². The van der Waals surface area contributed by atoms with Crippen molar-refractivity contribution in [2.24, 2.45) is 5.92 Å². The van der Waals surface area contributed by atoms with Crippen LogP contribution in [0.15, 0.2) is 18.2 Å². The number of benzene rings is 1. The highest BCUT2D eigenvalue weighted by Gasteiger charge is 2.19. The molecular formula is C17H27NO2. The van der Waals surface area contributed by atoms with Gasteiger partial charge in [-0.3, -0.25) is 0 Å². The molecule has 1 saturated carbocycles. The molecular weight excluding hydrogens is 250 g/mol. The maximum absolute atomic E-state index is 5.52. The van der Waals surface area contributed by atoms with Crippen molar-refractivity contribution in [1.82, 2.24) is 5.32 Å². The third-order valence-corrected chi connectivity index (χ3v) is 4.50. The smallest absolute Gasteiger partial charge is 0.127 e. The zero-order chi connectivity index (χ0) is 14.4. The van der Waals surface area contributed by atoms with Crippen molar-refractivity contribution in [3.63, 3.8) is 0 Å². The lowest BCUT2D eigenvalue weighted by Crippen LogP contribution is -2.18. The summed E-state index contributed by atoms with van der Waals surface area (Å²) in [5, 5.41) is 3.43. The van der Waals surface area contributed by atoms with Crippen LogP contribution >= 0.6 is 0 Å². The van der Waals surface area contributed by atoms with Crippen LogP contribution in [0.2, 0.25) is 0 Å².